The van der Waals surface area contributed by atoms with Crippen LogP contribution in [0.4, 0.5) is 0 Å². The van der Waals surface area contributed by atoms with Crippen LogP contribution in [0.2, 0.25) is 0 Å². The predicted molar refractivity (Wildman–Crippen MR) is 63.2 cm³/mol. The average Bonchev–Trinajstić information content (AvgIpc) is 2.83. The number of hydrogen-bond acceptors (Lipinski definition) is 1. The summed E-state index contributed by atoms with van der Waals surface area (Å²) in [6.45, 7) is 8.38. The highest BCUT2D eigenvalue weighted by atomic mass is 16.3. The molecule has 0 heterocycles. The van der Waals surface area contributed by atoms with E-state index in [2.05, 4.69) is 32.9 Å². The maximum absolute atomic E-state index is 9.91. The SMILES string of the molecule is Cc1cc(C)c(C2(C(C)O)CC2)c(C)c1. The molecular weight excluding hydrogens is 184 g/mol. The van der Waals surface area contributed by atoms with Gasteiger partial charge in [0.25, 0.3) is 0 Å². The number of benzene rings is 1. The zero-order chi connectivity index (χ0) is 11.2. The van der Waals surface area contributed by atoms with Gasteiger partial charge < -0.3 is 5.11 Å². The molecule has 0 aromatic heterocycles. The molecule has 1 N–H and O–H groups in total. The van der Waals surface area contributed by atoms with Crippen molar-refractivity contribution in [2.45, 2.75) is 52.1 Å². The molecule has 1 aromatic rings. The van der Waals surface area contributed by atoms with Crippen molar-refractivity contribution in [3.63, 3.8) is 0 Å². The molecule has 1 saturated carbocycles. The fourth-order valence-electron chi connectivity index (χ4n) is 2.98. The molecule has 1 aliphatic carbocycles. The van der Waals surface area contributed by atoms with Gasteiger partial charge in [-0.15, -0.1) is 0 Å². The van der Waals surface area contributed by atoms with Crippen LogP contribution >= 0.6 is 0 Å². The van der Waals surface area contributed by atoms with Crippen molar-refractivity contribution >= 4 is 0 Å². The summed E-state index contributed by atoms with van der Waals surface area (Å²) in [6.07, 6.45) is 2.04. The van der Waals surface area contributed by atoms with Gasteiger partial charge in [0.2, 0.25) is 0 Å². The van der Waals surface area contributed by atoms with Crippen LogP contribution in [0.15, 0.2) is 12.1 Å². The minimum atomic E-state index is -0.224. The van der Waals surface area contributed by atoms with E-state index in [9.17, 15) is 5.11 Å². The third-order valence-electron chi connectivity index (χ3n) is 3.76. The van der Waals surface area contributed by atoms with Gasteiger partial charge in [0.1, 0.15) is 0 Å². The molecule has 1 aliphatic rings. The van der Waals surface area contributed by atoms with Gasteiger partial charge in [-0.3, -0.25) is 0 Å². The molecule has 0 saturated heterocycles. The molecule has 0 aliphatic heterocycles. The van der Waals surface area contributed by atoms with E-state index in [0.29, 0.717) is 0 Å². The lowest BCUT2D eigenvalue weighted by molar-refractivity contribution is 0.150. The van der Waals surface area contributed by atoms with E-state index in [1.807, 2.05) is 6.92 Å². The van der Waals surface area contributed by atoms with Crippen LogP contribution in [0, 0.1) is 20.8 Å². The summed E-state index contributed by atoms with van der Waals surface area (Å²) in [5.41, 5.74) is 5.46. The molecule has 1 nitrogen and oxygen atoms in total. The summed E-state index contributed by atoms with van der Waals surface area (Å²) < 4.78 is 0. The van der Waals surface area contributed by atoms with Crippen molar-refractivity contribution in [1.29, 1.82) is 0 Å². The molecule has 0 amide bonds. The monoisotopic (exact) mass is 204 g/mol. The molecule has 82 valence electrons. The Bertz CT molecular complexity index is 363. The average molecular weight is 204 g/mol. The van der Waals surface area contributed by atoms with E-state index in [-0.39, 0.29) is 11.5 Å². The van der Waals surface area contributed by atoms with Crippen LogP contribution in [0.5, 0.6) is 0 Å². The molecule has 2 rings (SSSR count). The highest BCUT2D eigenvalue weighted by Gasteiger charge is 2.49. The normalized spacial score (nSPS) is 20.1. The Morgan fingerprint density at radius 3 is 1.93 bits per heavy atom. The first kappa shape index (κ1) is 10.7. The maximum atomic E-state index is 9.91. The van der Waals surface area contributed by atoms with Crippen molar-refractivity contribution in [3.05, 3.63) is 34.4 Å². The molecule has 0 spiro atoms. The summed E-state index contributed by atoms with van der Waals surface area (Å²) in [7, 11) is 0. The Kier molecular flexibility index (Phi) is 2.38. The van der Waals surface area contributed by atoms with Crippen molar-refractivity contribution in [2.75, 3.05) is 0 Å². The van der Waals surface area contributed by atoms with Gasteiger partial charge in [0.15, 0.2) is 0 Å². The van der Waals surface area contributed by atoms with Gasteiger partial charge in [0, 0.05) is 5.41 Å². The predicted octanol–water partition coefficient (Wildman–Crippen LogP) is 3.02. The Morgan fingerprint density at radius 1 is 1.13 bits per heavy atom. The Labute approximate surface area is 92.1 Å². The van der Waals surface area contributed by atoms with E-state index in [1.165, 1.54) is 22.3 Å². The lowest BCUT2D eigenvalue weighted by Gasteiger charge is -2.24. The van der Waals surface area contributed by atoms with Crippen LogP contribution < -0.4 is 0 Å². The van der Waals surface area contributed by atoms with Crippen molar-refractivity contribution in [1.82, 2.24) is 0 Å². The molecule has 1 atom stereocenters. The minimum absolute atomic E-state index is 0.0713. The second-order valence-electron chi connectivity index (χ2n) is 5.11. The first-order valence-electron chi connectivity index (χ1n) is 5.74. The molecular formula is C14H20O. The van der Waals surface area contributed by atoms with E-state index in [4.69, 9.17) is 0 Å². The third kappa shape index (κ3) is 1.59. The molecule has 0 radical (unpaired) electrons. The summed E-state index contributed by atoms with van der Waals surface area (Å²) in [4.78, 5) is 0. The second-order valence-corrected chi connectivity index (χ2v) is 5.11. The quantitative estimate of drug-likeness (QED) is 0.785. The first-order chi connectivity index (χ1) is 6.97. The molecule has 15 heavy (non-hydrogen) atoms. The van der Waals surface area contributed by atoms with E-state index in [0.717, 1.165) is 12.8 Å². The first-order valence-corrected chi connectivity index (χ1v) is 5.74. The lowest BCUT2D eigenvalue weighted by atomic mass is 9.83. The van der Waals surface area contributed by atoms with Crippen LogP contribution in [0.25, 0.3) is 0 Å². The summed E-state index contributed by atoms with van der Waals surface area (Å²) in [5, 5.41) is 9.91. The largest absolute Gasteiger partial charge is 0.392 e. The fourth-order valence-corrected chi connectivity index (χ4v) is 2.98. The number of hydrogen-bond donors (Lipinski definition) is 1. The van der Waals surface area contributed by atoms with Crippen molar-refractivity contribution in [3.8, 4) is 0 Å². The zero-order valence-electron chi connectivity index (χ0n) is 10.1. The molecule has 0 bridgehead atoms. The summed E-state index contributed by atoms with van der Waals surface area (Å²) in [5.74, 6) is 0. The topological polar surface area (TPSA) is 20.2 Å². The summed E-state index contributed by atoms with van der Waals surface area (Å²) >= 11 is 0. The molecule has 1 unspecified atom stereocenters. The van der Waals surface area contributed by atoms with E-state index in [1.54, 1.807) is 0 Å². The van der Waals surface area contributed by atoms with Crippen LogP contribution in [0.1, 0.15) is 42.0 Å². The Balaban J connectivity index is 2.54. The van der Waals surface area contributed by atoms with Gasteiger partial charge in [-0.2, -0.15) is 0 Å². The van der Waals surface area contributed by atoms with E-state index >= 15 is 0 Å². The third-order valence-corrected chi connectivity index (χ3v) is 3.76. The molecule has 1 aromatic carbocycles. The minimum Gasteiger partial charge on any atom is -0.392 e. The Hall–Kier alpha value is -0.820. The standard InChI is InChI=1S/C14H20O/c1-9-7-10(2)13(11(3)8-9)14(5-6-14)12(4)15/h7-8,12,15H,5-6H2,1-4H3. The number of rotatable bonds is 2. The fraction of sp³-hybridized carbons (Fsp3) is 0.571. The Morgan fingerprint density at radius 2 is 1.60 bits per heavy atom. The highest BCUT2D eigenvalue weighted by molar-refractivity contribution is 5.46. The van der Waals surface area contributed by atoms with Crippen LogP contribution in [-0.4, -0.2) is 11.2 Å². The van der Waals surface area contributed by atoms with Gasteiger partial charge in [-0.05, 0) is 57.2 Å². The van der Waals surface area contributed by atoms with Gasteiger partial charge in [-0.25, -0.2) is 0 Å². The van der Waals surface area contributed by atoms with Gasteiger partial charge >= 0.3 is 0 Å². The molecule has 1 fully saturated rings. The number of aliphatic hydroxyl groups is 1. The highest BCUT2D eigenvalue weighted by Crippen LogP contribution is 2.53. The van der Waals surface area contributed by atoms with Crippen molar-refractivity contribution < 1.29 is 5.11 Å². The maximum Gasteiger partial charge on any atom is 0.0608 e. The number of aryl methyl sites for hydroxylation is 3. The smallest absolute Gasteiger partial charge is 0.0608 e. The zero-order valence-corrected chi connectivity index (χ0v) is 10.1. The van der Waals surface area contributed by atoms with Gasteiger partial charge in [0.05, 0.1) is 6.10 Å². The van der Waals surface area contributed by atoms with E-state index < -0.39 is 0 Å². The lowest BCUT2D eigenvalue weighted by Crippen LogP contribution is -2.24. The molecule has 1 heteroatoms. The summed E-state index contributed by atoms with van der Waals surface area (Å²) in [6, 6.07) is 4.45. The van der Waals surface area contributed by atoms with Crippen LogP contribution in [0.3, 0.4) is 0 Å². The second kappa shape index (κ2) is 3.34. The van der Waals surface area contributed by atoms with Crippen molar-refractivity contribution in [2.24, 2.45) is 0 Å². The van der Waals surface area contributed by atoms with Crippen LogP contribution in [-0.2, 0) is 5.41 Å². The van der Waals surface area contributed by atoms with Gasteiger partial charge in [-0.1, -0.05) is 17.7 Å². The number of aliphatic hydroxyl groups excluding tert-OH is 1.